The summed E-state index contributed by atoms with van der Waals surface area (Å²) in [4.78, 5) is 13.3. The average molecular weight is 307 g/mol. The molecule has 21 heavy (non-hydrogen) atoms. The zero-order valence-electron chi connectivity index (χ0n) is 12.2. The SMILES string of the molecule is CCN(C)C(=O)CSc1nnc(-c2ccc(OC)cc2)o1. The van der Waals surface area contributed by atoms with Crippen LogP contribution in [-0.4, -0.2) is 47.5 Å². The molecule has 0 radical (unpaired) electrons. The van der Waals surface area contributed by atoms with Crippen LogP contribution >= 0.6 is 11.8 Å². The Morgan fingerprint density at radius 3 is 2.67 bits per heavy atom. The Hall–Kier alpha value is -2.02. The van der Waals surface area contributed by atoms with Crippen molar-refractivity contribution in [2.24, 2.45) is 0 Å². The number of carbonyl (C=O) groups excluding carboxylic acids is 1. The summed E-state index contributed by atoms with van der Waals surface area (Å²) in [6.07, 6.45) is 0. The van der Waals surface area contributed by atoms with E-state index >= 15 is 0 Å². The van der Waals surface area contributed by atoms with Gasteiger partial charge in [0.2, 0.25) is 11.8 Å². The normalized spacial score (nSPS) is 10.4. The molecule has 0 unspecified atom stereocenters. The van der Waals surface area contributed by atoms with Gasteiger partial charge in [-0.25, -0.2) is 0 Å². The van der Waals surface area contributed by atoms with Crippen LogP contribution in [0.2, 0.25) is 0 Å². The van der Waals surface area contributed by atoms with Crippen LogP contribution in [0.25, 0.3) is 11.5 Å². The predicted octanol–water partition coefficient (Wildman–Crippen LogP) is 2.32. The van der Waals surface area contributed by atoms with Gasteiger partial charge in [-0.15, -0.1) is 10.2 Å². The molecular formula is C14H17N3O3S. The molecule has 0 N–H and O–H groups in total. The number of rotatable bonds is 6. The summed E-state index contributed by atoms with van der Waals surface area (Å²) in [6, 6.07) is 7.34. The lowest BCUT2D eigenvalue weighted by Crippen LogP contribution is -2.27. The topological polar surface area (TPSA) is 68.5 Å². The molecule has 0 aliphatic rings. The van der Waals surface area contributed by atoms with Gasteiger partial charge in [-0.1, -0.05) is 11.8 Å². The highest BCUT2D eigenvalue weighted by molar-refractivity contribution is 7.99. The van der Waals surface area contributed by atoms with Gasteiger partial charge in [0.05, 0.1) is 12.9 Å². The van der Waals surface area contributed by atoms with E-state index in [9.17, 15) is 4.79 Å². The Balaban J connectivity index is 1.99. The van der Waals surface area contributed by atoms with E-state index in [0.717, 1.165) is 11.3 Å². The third-order valence-electron chi connectivity index (χ3n) is 2.96. The highest BCUT2D eigenvalue weighted by atomic mass is 32.2. The van der Waals surface area contributed by atoms with E-state index in [1.165, 1.54) is 11.8 Å². The summed E-state index contributed by atoms with van der Waals surface area (Å²) in [5.41, 5.74) is 0.812. The molecular weight excluding hydrogens is 290 g/mol. The van der Waals surface area contributed by atoms with Crippen LogP contribution in [0.3, 0.4) is 0 Å². The second kappa shape index (κ2) is 7.12. The monoisotopic (exact) mass is 307 g/mol. The van der Waals surface area contributed by atoms with Crippen LogP contribution in [0.4, 0.5) is 0 Å². The molecule has 2 rings (SSSR count). The van der Waals surface area contributed by atoms with Gasteiger partial charge in [0.25, 0.3) is 5.22 Å². The largest absolute Gasteiger partial charge is 0.497 e. The van der Waals surface area contributed by atoms with Crippen molar-refractivity contribution < 1.29 is 13.9 Å². The first-order valence-electron chi connectivity index (χ1n) is 6.48. The Bertz CT molecular complexity index is 598. The summed E-state index contributed by atoms with van der Waals surface area (Å²) in [7, 11) is 3.38. The van der Waals surface area contributed by atoms with Crippen molar-refractivity contribution in [2.75, 3.05) is 26.5 Å². The zero-order chi connectivity index (χ0) is 15.2. The number of hydrogen-bond donors (Lipinski definition) is 0. The maximum atomic E-state index is 11.7. The number of aromatic nitrogens is 2. The minimum atomic E-state index is 0.0340. The second-order valence-electron chi connectivity index (χ2n) is 4.30. The number of hydrogen-bond acceptors (Lipinski definition) is 6. The van der Waals surface area contributed by atoms with Crippen LogP contribution in [0, 0.1) is 0 Å². The van der Waals surface area contributed by atoms with Gasteiger partial charge in [0.15, 0.2) is 0 Å². The first-order valence-corrected chi connectivity index (χ1v) is 7.47. The lowest BCUT2D eigenvalue weighted by Gasteiger charge is -2.12. The molecule has 0 saturated heterocycles. The lowest BCUT2D eigenvalue weighted by molar-refractivity contribution is -0.126. The third kappa shape index (κ3) is 3.98. The number of methoxy groups -OCH3 is 1. The third-order valence-corrected chi connectivity index (χ3v) is 3.77. The molecule has 0 spiro atoms. The maximum Gasteiger partial charge on any atom is 0.277 e. The standard InChI is InChI=1S/C14H17N3O3S/c1-4-17(2)12(18)9-21-14-16-15-13(20-14)10-5-7-11(19-3)8-6-10/h5-8H,4,9H2,1-3H3. The summed E-state index contributed by atoms with van der Waals surface area (Å²) in [6.45, 7) is 2.61. The van der Waals surface area contributed by atoms with Crippen LogP contribution in [0.5, 0.6) is 5.75 Å². The molecule has 0 fully saturated rings. The molecule has 2 aromatic rings. The average Bonchev–Trinajstić information content (AvgIpc) is 3.00. The maximum absolute atomic E-state index is 11.7. The van der Waals surface area contributed by atoms with Crippen molar-refractivity contribution in [2.45, 2.75) is 12.1 Å². The molecule has 0 aliphatic carbocycles. The molecule has 6 nitrogen and oxygen atoms in total. The van der Waals surface area contributed by atoms with Crippen molar-refractivity contribution in [3.8, 4) is 17.2 Å². The second-order valence-corrected chi connectivity index (χ2v) is 5.22. The number of ether oxygens (including phenoxy) is 1. The van der Waals surface area contributed by atoms with Crippen LogP contribution in [-0.2, 0) is 4.79 Å². The van der Waals surface area contributed by atoms with Crippen molar-refractivity contribution in [3.05, 3.63) is 24.3 Å². The van der Waals surface area contributed by atoms with Crippen molar-refractivity contribution in [1.82, 2.24) is 15.1 Å². The Kier molecular flexibility index (Phi) is 5.21. The van der Waals surface area contributed by atoms with Crippen molar-refractivity contribution in [3.63, 3.8) is 0 Å². The molecule has 7 heteroatoms. The van der Waals surface area contributed by atoms with Gasteiger partial charge >= 0.3 is 0 Å². The zero-order valence-corrected chi connectivity index (χ0v) is 13.0. The summed E-state index contributed by atoms with van der Waals surface area (Å²) in [5, 5.41) is 8.31. The van der Waals surface area contributed by atoms with E-state index in [1.807, 2.05) is 31.2 Å². The first kappa shape index (κ1) is 15.4. The van der Waals surface area contributed by atoms with Crippen LogP contribution in [0.15, 0.2) is 33.9 Å². The Morgan fingerprint density at radius 1 is 1.33 bits per heavy atom. The molecule has 0 aliphatic heterocycles. The van der Waals surface area contributed by atoms with Crippen molar-refractivity contribution >= 4 is 17.7 Å². The minimum Gasteiger partial charge on any atom is -0.497 e. The van der Waals surface area contributed by atoms with Gasteiger partial charge < -0.3 is 14.1 Å². The fourth-order valence-electron chi connectivity index (χ4n) is 1.53. The van der Waals surface area contributed by atoms with E-state index in [1.54, 1.807) is 19.1 Å². The van der Waals surface area contributed by atoms with E-state index in [4.69, 9.17) is 9.15 Å². The molecule has 1 aromatic heterocycles. The highest BCUT2D eigenvalue weighted by Gasteiger charge is 2.12. The van der Waals surface area contributed by atoms with Gasteiger partial charge in [-0.3, -0.25) is 4.79 Å². The molecule has 112 valence electrons. The molecule has 1 heterocycles. The number of thioether (sulfide) groups is 1. The summed E-state index contributed by atoms with van der Waals surface area (Å²) in [5.74, 6) is 1.51. The number of carbonyl (C=O) groups is 1. The van der Waals surface area contributed by atoms with Crippen LogP contribution < -0.4 is 4.74 Å². The summed E-state index contributed by atoms with van der Waals surface area (Å²) >= 11 is 1.24. The van der Waals surface area contributed by atoms with Crippen molar-refractivity contribution in [1.29, 1.82) is 0 Å². The van der Waals surface area contributed by atoms with E-state index in [2.05, 4.69) is 10.2 Å². The van der Waals surface area contributed by atoms with E-state index < -0.39 is 0 Å². The first-order chi connectivity index (χ1) is 10.1. The minimum absolute atomic E-state index is 0.0340. The predicted molar refractivity (Wildman–Crippen MR) is 80.3 cm³/mol. The van der Waals surface area contributed by atoms with Crippen LogP contribution in [0.1, 0.15) is 6.92 Å². The summed E-state index contributed by atoms with van der Waals surface area (Å²) < 4.78 is 10.6. The van der Waals surface area contributed by atoms with Gasteiger partial charge in [0, 0.05) is 19.2 Å². The number of benzene rings is 1. The smallest absolute Gasteiger partial charge is 0.277 e. The molecule has 1 aromatic carbocycles. The quantitative estimate of drug-likeness (QED) is 0.763. The van der Waals surface area contributed by atoms with Gasteiger partial charge in [-0.2, -0.15) is 0 Å². The van der Waals surface area contributed by atoms with E-state index in [-0.39, 0.29) is 11.7 Å². The number of amides is 1. The number of nitrogens with zero attached hydrogens (tertiary/aromatic N) is 3. The van der Waals surface area contributed by atoms with Gasteiger partial charge in [-0.05, 0) is 31.2 Å². The molecule has 0 saturated carbocycles. The Labute approximate surface area is 127 Å². The molecule has 0 bridgehead atoms. The van der Waals surface area contributed by atoms with Gasteiger partial charge in [0.1, 0.15) is 5.75 Å². The van der Waals surface area contributed by atoms with E-state index in [0.29, 0.717) is 17.7 Å². The Morgan fingerprint density at radius 2 is 2.05 bits per heavy atom. The fourth-order valence-corrected chi connectivity index (χ4v) is 2.23. The highest BCUT2D eigenvalue weighted by Crippen LogP contribution is 2.24. The molecule has 1 amide bonds. The lowest BCUT2D eigenvalue weighted by atomic mass is 10.2. The fraction of sp³-hybridized carbons (Fsp3) is 0.357. The molecule has 0 atom stereocenters.